The van der Waals surface area contributed by atoms with Gasteiger partial charge in [-0.05, 0) is 81.8 Å². The fourth-order valence-electron chi connectivity index (χ4n) is 7.97. The molecule has 0 amide bonds. The van der Waals surface area contributed by atoms with Gasteiger partial charge in [0.25, 0.3) is 0 Å². The Morgan fingerprint density at radius 1 is 1.02 bits per heavy atom. The zero-order valence-electron chi connectivity index (χ0n) is 32.0. The molecule has 0 aromatic rings. The van der Waals surface area contributed by atoms with E-state index in [2.05, 4.69) is 26.5 Å². The Bertz CT molecular complexity index is 1360. The van der Waals surface area contributed by atoms with Crippen LogP contribution in [0, 0.1) is 22.7 Å². The first-order valence-electron chi connectivity index (χ1n) is 18.2. The molecule has 4 N–H and O–H groups in total. The number of ketones is 1. The molecule has 1 saturated carbocycles. The molecular formula is C40H62O11. The third-order valence-corrected chi connectivity index (χ3v) is 11.4. The third-order valence-electron chi connectivity index (χ3n) is 11.4. The summed E-state index contributed by atoms with van der Waals surface area (Å²) < 4.78 is 23.3. The molecule has 2 aliphatic carbocycles. The minimum Gasteiger partial charge on any atom is -0.458 e. The van der Waals surface area contributed by atoms with Crippen molar-refractivity contribution in [3.8, 4) is 0 Å². The first-order valence-corrected chi connectivity index (χ1v) is 18.2. The Morgan fingerprint density at radius 2 is 1.67 bits per heavy atom. The maximum Gasteiger partial charge on any atom is 0.303 e. The highest BCUT2D eigenvalue weighted by Gasteiger charge is 2.49. The van der Waals surface area contributed by atoms with Crippen LogP contribution in [0.25, 0.3) is 0 Å². The van der Waals surface area contributed by atoms with Crippen molar-refractivity contribution in [1.29, 1.82) is 0 Å². The number of hydrogen-bond donors (Lipinski definition) is 4. The molecule has 1 heterocycles. The van der Waals surface area contributed by atoms with E-state index in [-0.39, 0.29) is 23.7 Å². The lowest BCUT2D eigenvalue weighted by Crippen LogP contribution is -2.60. The summed E-state index contributed by atoms with van der Waals surface area (Å²) in [6.07, 6.45) is 1.73. The van der Waals surface area contributed by atoms with E-state index in [1.807, 2.05) is 46.8 Å². The van der Waals surface area contributed by atoms with Gasteiger partial charge in [0.15, 0.2) is 6.29 Å². The molecule has 51 heavy (non-hydrogen) atoms. The van der Waals surface area contributed by atoms with Crippen molar-refractivity contribution >= 4 is 17.7 Å². The van der Waals surface area contributed by atoms with E-state index < -0.39 is 72.3 Å². The van der Waals surface area contributed by atoms with Gasteiger partial charge in [-0.1, -0.05) is 63.1 Å². The monoisotopic (exact) mass is 718 g/mol. The van der Waals surface area contributed by atoms with Crippen LogP contribution in [0.5, 0.6) is 0 Å². The average molecular weight is 719 g/mol. The van der Waals surface area contributed by atoms with Crippen molar-refractivity contribution in [2.24, 2.45) is 22.7 Å². The van der Waals surface area contributed by atoms with Gasteiger partial charge in [-0.2, -0.15) is 0 Å². The molecule has 11 heteroatoms. The molecule has 1 aliphatic heterocycles. The van der Waals surface area contributed by atoms with E-state index in [9.17, 15) is 34.8 Å². The highest BCUT2D eigenvalue weighted by molar-refractivity contribution is 5.87. The van der Waals surface area contributed by atoms with Gasteiger partial charge >= 0.3 is 11.9 Å². The van der Waals surface area contributed by atoms with Gasteiger partial charge in [0.2, 0.25) is 0 Å². The zero-order chi connectivity index (χ0) is 38.4. The van der Waals surface area contributed by atoms with Gasteiger partial charge in [-0.15, -0.1) is 0 Å². The molecule has 0 aromatic heterocycles. The third kappa shape index (κ3) is 10.7. The topological polar surface area (TPSA) is 169 Å². The van der Waals surface area contributed by atoms with E-state index in [1.165, 1.54) is 13.8 Å². The summed E-state index contributed by atoms with van der Waals surface area (Å²) in [5, 5.41) is 40.6. The summed E-state index contributed by atoms with van der Waals surface area (Å²) in [5.41, 5.74) is 3.02. The number of aliphatic hydroxyl groups excluding tert-OH is 4. The summed E-state index contributed by atoms with van der Waals surface area (Å²) in [6.45, 7) is 20.5. The van der Waals surface area contributed by atoms with Crippen molar-refractivity contribution < 1.29 is 53.8 Å². The Morgan fingerprint density at radius 3 is 2.27 bits per heavy atom. The molecule has 0 aromatic carbocycles. The lowest BCUT2D eigenvalue weighted by molar-refractivity contribution is -0.321. The quantitative estimate of drug-likeness (QED) is 0.140. The van der Waals surface area contributed by atoms with E-state index in [0.717, 1.165) is 35.1 Å². The summed E-state index contributed by atoms with van der Waals surface area (Å²) in [5.74, 6) is -0.753. The number of Topliss-reactive ketones (excluding diaryl/α,β-unsaturated/α-hetero) is 1. The van der Waals surface area contributed by atoms with Gasteiger partial charge in [0.05, 0.1) is 12.7 Å². The number of aliphatic hydroxyl groups is 4. The van der Waals surface area contributed by atoms with Gasteiger partial charge < -0.3 is 39.4 Å². The first kappa shape index (κ1) is 42.7. The Kier molecular flexibility index (Phi) is 15.0. The summed E-state index contributed by atoms with van der Waals surface area (Å²) >= 11 is 0. The summed E-state index contributed by atoms with van der Waals surface area (Å²) in [4.78, 5) is 37.1. The van der Waals surface area contributed by atoms with E-state index in [1.54, 1.807) is 0 Å². The van der Waals surface area contributed by atoms with Crippen LogP contribution in [0.3, 0.4) is 0 Å². The second kappa shape index (κ2) is 17.9. The Labute approximate surface area is 303 Å². The standard InChI is InChI=1S/C40H62O11/c1-22(12-16-29-23(2)14-18-34(40(29,9)10)51-38-37(47)36(46)35(45)32(21-41)50-38)11-15-28(48-26(5)42)19-25(4)31(49-27(6)43)20-30-24(3)13-17-33(44)39(30,7)8/h11,13,19,28-32,34-38,41,45-47H,2,12,14-18,20-21H2,1,3-10H3. The first-order chi connectivity index (χ1) is 23.7. The van der Waals surface area contributed by atoms with Crippen molar-refractivity contribution in [1.82, 2.24) is 0 Å². The van der Waals surface area contributed by atoms with Crippen molar-refractivity contribution in [3.05, 3.63) is 47.1 Å². The number of rotatable bonds is 14. The number of carbonyl (C=O) groups excluding carboxylic acids is 3. The zero-order valence-corrected chi connectivity index (χ0v) is 32.0. The second-order valence-corrected chi connectivity index (χ2v) is 16.0. The molecule has 10 unspecified atom stereocenters. The number of ether oxygens (including phenoxy) is 4. The fourth-order valence-corrected chi connectivity index (χ4v) is 7.97. The molecule has 11 nitrogen and oxygen atoms in total. The van der Waals surface area contributed by atoms with E-state index >= 15 is 0 Å². The normalized spacial score (nSPS) is 32.5. The van der Waals surface area contributed by atoms with Crippen LogP contribution in [0.1, 0.15) is 107 Å². The van der Waals surface area contributed by atoms with Gasteiger partial charge in [-0.25, -0.2) is 0 Å². The molecule has 0 radical (unpaired) electrons. The minimum atomic E-state index is -1.51. The number of carbonyl (C=O) groups is 3. The number of allylic oxidation sites excluding steroid dienone is 4. The van der Waals surface area contributed by atoms with Gasteiger partial charge in [0, 0.05) is 32.1 Å². The number of esters is 2. The van der Waals surface area contributed by atoms with Crippen molar-refractivity contribution in [3.63, 3.8) is 0 Å². The average Bonchev–Trinajstić information content (AvgIpc) is 3.03. The molecule has 3 rings (SSSR count). The van der Waals surface area contributed by atoms with Crippen LogP contribution in [0.4, 0.5) is 0 Å². The summed E-state index contributed by atoms with van der Waals surface area (Å²) in [6, 6.07) is 0. The number of hydrogen-bond acceptors (Lipinski definition) is 11. The van der Waals surface area contributed by atoms with Crippen LogP contribution in [0.15, 0.2) is 47.1 Å². The van der Waals surface area contributed by atoms with Crippen LogP contribution in [0.2, 0.25) is 0 Å². The van der Waals surface area contributed by atoms with E-state index in [0.29, 0.717) is 32.1 Å². The maximum absolute atomic E-state index is 12.8. The molecule has 10 atom stereocenters. The summed E-state index contributed by atoms with van der Waals surface area (Å²) in [7, 11) is 0. The van der Waals surface area contributed by atoms with Gasteiger partial charge in [0.1, 0.15) is 42.4 Å². The molecule has 0 spiro atoms. The van der Waals surface area contributed by atoms with Crippen LogP contribution < -0.4 is 0 Å². The molecule has 0 bridgehead atoms. The molecule has 1 saturated heterocycles. The van der Waals surface area contributed by atoms with Crippen LogP contribution >= 0.6 is 0 Å². The predicted molar refractivity (Wildman–Crippen MR) is 192 cm³/mol. The lowest BCUT2D eigenvalue weighted by atomic mass is 9.63. The Balaban J connectivity index is 1.72. The smallest absolute Gasteiger partial charge is 0.303 e. The highest BCUT2D eigenvalue weighted by atomic mass is 16.7. The van der Waals surface area contributed by atoms with Crippen LogP contribution in [-0.4, -0.2) is 93.8 Å². The molecular weight excluding hydrogens is 656 g/mol. The Hall–Kier alpha value is -2.67. The largest absolute Gasteiger partial charge is 0.458 e. The highest BCUT2D eigenvalue weighted by Crippen LogP contribution is 2.48. The van der Waals surface area contributed by atoms with Crippen molar-refractivity contribution in [2.45, 2.75) is 156 Å². The van der Waals surface area contributed by atoms with Gasteiger partial charge in [-0.3, -0.25) is 14.4 Å². The molecule has 2 fully saturated rings. The van der Waals surface area contributed by atoms with Crippen molar-refractivity contribution in [2.75, 3.05) is 6.61 Å². The molecule has 3 aliphatic rings. The van der Waals surface area contributed by atoms with Crippen LogP contribution in [-0.2, 0) is 33.3 Å². The minimum absolute atomic E-state index is 0.0637. The lowest BCUT2D eigenvalue weighted by Gasteiger charge is -2.49. The fraction of sp³-hybridized carbons (Fsp3) is 0.725. The molecule has 288 valence electrons. The maximum atomic E-state index is 12.8. The van der Waals surface area contributed by atoms with E-state index in [4.69, 9.17) is 18.9 Å². The second-order valence-electron chi connectivity index (χ2n) is 16.0. The SMILES string of the molecule is C=C1CCC(OC2OC(CO)C(O)C(O)C2O)C(C)(C)C1CCC(C)=CCC(C=C(C)C(CC1C(C)=CCC(=O)C1(C)C)OC(C)=O)OC(C)=O. The predicted octanol–water partition coefficient (Wildman–Crippen LogP) is 5.04.